The number of methoxy groups -OCH3 is 1. The van der Waals surface area contributed by atoms with E-state index in [9.17, 15) is 9.59 Å². The largest absolute Gasteiger partial charge is 0.495 e. The monoisotopic (exact) mass is 401 g/mol. The number of para-hydroxylation sites is 2. The maximum atomic E-state index is 12.6. The van der Waals surface area contributed by atoms with E-state index >= 15 is 0 Å². The minimum absolute atomic E-state index is 0. The van der Waals surface area contributed by atoms with E-state index in [1.807, 2.05) is 30.8 Å². The molecule has 0 saturated carbocycles. The lowest BCUT2D eigenvalue weighted by atomic mass is 10.2. The maximum absolute atomic E-state index is 12.6. The molecule has 1 saturated heterocycles. The molecule has 2 amide bonds. The number of ether oxygens (including phenoxy) is 1. The Hall–Kier alpha value is -1.44. The van der Waals surface area contributed by atoms with Crippen LogP contribution in [0.2, 0.25) is 0 Å². The number of carbonyl (C=O) groups is 2. The van der Waals surface area contributed by atoms with Crippen LogP contribution in [0, 0.1) is 0 Å². The standard InChI is InChI=1S/C18H27N3O3S.ClH/c1-3-9-21(18(23)11-14-13-25-10-8-19-14)12-17(22)20-15-6-4-5-7-16(15)24-2;/h4-7,14,19H,3,8-13H2,1-2H3,(H,20,22);1H. The molecule has 1 aromatic rings. The fraction of sp³-hybridized carbons (Fsp3) is 0.556. The predicted octanol–water partition coefficient (Wildman–Crippen LogP) is 2.39. The van der Waals surface area contributed by atoms with E-state index in [1.54, 1.807) is 24.1 Å². The van der Waals surface area contributed by atoms with Crippen molar-refractivity contribution >= 4 is 41.7 Å². The molecule has 2 rings (SSSR count). The summed E-state index contributed by atoms with van der Waals surface area (Å²) in [5, 5.41) is 6.20. The average molecular weight is 402 g/mol. The average Bonchev–Trinajstić information content (AvgIpc) is 2.62. The van der Waals surface area contributed by atoms with Gasteiger partial charge in [-0.25, -0.2) is 0 Å². The number of benzene rings is 1. The lowest BCUT2D eigenvalue weighted by Gasteiger charge is -2.27. The summed E-state index contributed by atoms with van der Waals surface area (Å²) in [6.45, 7) is 3.58. The van der Waals surface area contributed by atoms with Gasteiger partial charge in [-0.05, 0) is 18.6 Å². The van der Waals surface area contributed by atoms with E-state index in [4.69, 9.17) is 4.74 Å². The molecule has 1 fully saturated rings. The molecular formula is C18H28ClN3O3S. The Kier molecular flexibility index (Phi) is 10.5. The number of hydrogen-bond acceptors (Lipinski definition) is 5. The van der Waals surface area contributed by atoms with Gasteiger partial charge in [0.05, 0.1) is 19.3 Å². The Labute approximate surface area is 165 Å². The van der Waals surface area contributed by atoms with Gasteiger partial charge in [-0.3, -0.25) is 9.59 Å². The van der Waals surface area contributed by atoms with Gasteiger partial charge in [0.2, 0.25) is 11.8 Å². The molecule has 2 N–H and O–H groups in total. The number of rotatable bonds is 8. The second-order valence-corrected chi connectivity index (χ2v) is 7.14. The molecule has 6 nitrogen and oxygen atoms in total. The fourth-order valence-electron chi connectivity index (χ4n) is 2.76. The van der Waals surface area contributed by atoms with E-state index in [0.29, 0.717) is 24.4 Å². The highest BCUT2D eigenvalue weighted by atomic mass is 35.5. The predicted molar refractivity (Wildman–Crippen MR) is 109 cm³/mol. The number of thioether (sulfide) groups is 1. The third kappa shape index (κ3) is 7.05. The number of carbonyl (C=O) groups excluding carboxylic acids is 2. The van der Waals surface area contributed by atoms with Gasteiger partial charge in [0.1, 0.15) is 5.75 Å². The van der Waals surface area contributed by atoms with Crippen LogP contribution >= 0.6 is 24.2 Å². The van der Waals surface area contributed by atoms with Crippen LogP contribution < -0.4 is 15.4 Å². The van der Waals surface area contributed by atoms with E-state index in [1.165, 1.54) is 0 Å². The lowest BCUT2D eigenvalue weighted by Crippen LogP contribution is -2.44. The molecule has 1 aliphatic rings. The number of anilines is 1. The highest BCUT2D eigenvalue weighted by molar-refractivity contribution is 7.99. The van der Waals surface area contributed by atoms with Crippen LogP contribution in [0.15, 0.2) is 24.3 Å². The summed E-state index contributed by atoms with van der Waals surface area (Å²) in [6, 6.07) is 7.45. The van der Waals surface area contributed by atoms with Crippen LogP contribution in [0.1, 0.15) is 19.8 Å². The highest BCUT2D eigenvalue weighted by Gasteiger charge is 2.22. The Morgan fingerprint density at radius 3 is 2.81 bits per heavy atom. The Bertz CT molecular complexity index is 583. The van der Waals surface area contributed by atoms with E-state index < -0.39 is 0 Å². The van der Waals surface area contributed by atoms with Crippen molar-refractivity contribution < 1.29 is 14.3 Å². The van der Waals surface area contributed by atoms with Crippen molar-refractivity contribution in [1.82, 2.24) is 10.2 Å². The minimum atomic E-state index is -0.211. The van der Waals surface area contributed by atoms with Crippen LogP contribution in [0.5, 0.6) is 5.75 Å². The third-order valence-corrected chi connectivity index (χ3v) is 5.11. The Morgan fingerprint density at radius 1 is 1.38 bits per heavy atom. The zero-order chi connectivity index (χ0) is 18.1. The number of nitrogens with zero attached hydrogens (tertiary/aromatic N) is 1. The second-order valence-electron chi connectivity index (χ2n) is 5.99. The summed E-state index contributed by atoms with van der Waals surface area (Å²) in [7, 11) is 1.56. The van der Waals surface area contributed by atoms with Gasteiger partial charge in [-0.1, -0.05) is 19.1 Å². The molecule has 1 aliphatic heterocycles. The van der Waals surface area contributed by atoms with Gasteiger partial charge >= 0.3 is 0 Å². The maximum Gasteiger partial charge on any atom is 0.244 e. The summed E-state index contributed by atoms with van der Waals surface area (Å²) in [4.78, 5) is 26.6. The number of nitrogens with one attached hydrogen (secondary N) is 2. The summed E-state index contributed by atoms with van der Waals surface area (Å²) in [5.74, 6) is 2.45. The molecule has 0 bridgehead atoms. The molecule has 8 heteroatoms. The molecule has 26 heavy (non-hydrogen) atoms. The van der Waals surface area contributed by atoms with Crippen LogP contribution in [-0.2, 0) is 9.59 Å². The highest BCUT2D eigenvalue weighted by Crippen LogP contribution is 2.23. The molecule has 1 aromatic carbocycles. The van der Waals surface area contributed by atoms with Gasteiger partial charge in [-0.15, -0.1) is 12.4 Å². The van der Waals surface area contributed by atoms with Gasteiger partial charge in [0.25, 0.3) is 0 Å². The number of hydrogen-bond donors (Lipinski definition) is 2. The first-order valence-electron chi connectivity index (χ1n) is 8.65. The summed E-state index contributed by atoms with van der Waals surface area (Å²) in [5.41, 5.74) is 0.615. The summed E-state index contributed by atoms with van der Waals surface area (Å²) >= 11 is 1.86. The normalized spacial score (nSPS) is 16.3. The van der Waals surface area contributed by atoms with Crippen LogP contribution in [0.3, 0.4) is 0 Å². The van der Waals surface area contributed by atoms with Gasteiger partial charge < -0.3 is 20.3 Å². The van der Waals surface area contributed by atoms with Crippen molar-refractivity contribution in [1.29, 1.82) is 0 Å². The van der Waals surface area contributed by atoms with Gasteiger partial charge in [-0.2, -0.15) is 11.8 Å². The fourth-order valence-corrected chi connectivity index (χ4v) is 3.71. The lowest BCUT2D eigenvalue weighted by molar-refractivity contribution is -0.135. The molecular weight excluding hydrogens is 374 g/mol. The van der Waals surface area contributed by atoms with Crippen LogP contribution in [0.4, 0.5) is 5.69 Å². The second kappa shape index (κ2) is 12.0. The zero-order valence-electron chi connectivity index (χ0n) is 15.3. The topological polar surface area (TPSA) is 70.7 Å². The number of amides is 2. The smallest absolute Gasteiger partial charge is 0.244 e. The quantitative estimate of drug-likeness (QED) is 0.699. The van der Waals surface area contributed by atoms with Gasteiger partial charge in [0, 0.05) is 37.1 Å². The molecule has 1 unspecified atom stereocenters. The Morgan fingerprint density at radius 2 is 2.15 bits per heavy atom. The van der Waals surface area contributed by atoms with E-state index in [-0.39, 0.29) is 36.8 Å². The number of halogens is 1. The van der Waals surface area contributed by atoms with Crippen molar-refractivity contribution in [2.75, 3.05) is 43.6 Å². The van der Waals surface area contributed by atoms with Crippen LogP contribution in [-0.4, -0.2) is 61.0 Å². The Balaban J connectivity index is 0.00000338. The molecule has 146 valence electrons. The molecule has 1 atom stereocenters. The zero-order valence-corrected chi connectivity index (χ0v) is 17.0. The van der Waals surface area contributed by atoms with E-state index in [0.717, 1.165) is 24.5 Å². The molecule has 0 radical (unpaired) electrons. The van der Waals surface area contributed by atoms with E-state index in [2.05, 4.69) is 10.6 Å². The van der Waals surface area contributed by atoms with Crippen molar-refractivity contribution in [3.05, 3.63) is 24.3 Å². The van der Waals surface area contributed by atoms with Crippen molar-refractivity contribution in [3.8, 4) is 5.75 Å². The third-order valence-electron chi connectivity index (χ3n) is 3.98. The first-order valence-corrected chi connectivity index (χ1v) is 9.81. The first-order chi connectivity index (χ1) is 12.1. The van der Waals surface area contributed by atoms with Crippen molar-refractivity contribution in [2.45, 2.75) is 25.8 Å². The summed E-state index contributed by atoms with van der Waals surface area (Å²) in [6.07, 6.45) is 1.26. The van der Waals surface area contributed by atoms with Crippen molar-refractivity contribution in [3.63, 3.8) is 0 Å². The molecule has 0 spiro atoms. The molecule has 0 aromatic heterocycles. The summed E-state index contributed by atoms with van der Waals surface area (Å²) < 4.78 is 5.24. The minimum Gasteiger partial charge on any atom is -0.495 e. The molecule has 0 aliphatic carbocycles. The SMILES string of the molecule is CCCN(CC(=O)Nc1ccccc1OC)C(=O)CC1CSCCN1.Cl. The van der Waals surface area contributed by atoms with Crippen LogP contribution in [0.25, 0.3) is 0 Å². The molecule has 1 heterocycles. The van der Waals surface area contributed by atoms with Crippen molar-refractivity contribution in [2.24, 2.45) is 0 Å². The van der Waals surface area contributed by atoms with Gasteiger partial charge in [0.15, 0.2) is 0 Å². The first kappa shape index (κ1) is 22.6.